The summed E-state index contributed by atoms with van der Waals surface area (Å²) in [6, 6.07) is 2.45. The highest BCUT2D eigenvalue weighted by Crippen LogP contribution is 2.31. The van der Waals surface area contributed by atoms with Gasteiger partial charge in [0.25, 0.3) is 0 Å². The first-order chi connectivity index (χ1) is 6.54. The van der Waals surface area contributed by atoms with Crippen molar-refractivity contribution in [3.05, 3.63) is 40.7 Å². The number of anilines is 1. The molecule has 4 heteroatoms. The number of benzene rings is 1. The van der Waals surface area contributed by atoms with Gasteiger partial charge in [-0.2, -0.15) is 0 Å². The SMILES string of the molecule is C=CC(C)Nc1c(Cl)cc(F)cc1Cl. The van der Waals surface area contributed by atoms with Crippen molar-refractivity contribution >= 4 is 28.9 Å². The summed E-state index contributed by atoms with van der Waals surface area (Å²) < 4.78 is 12.8. The number of rotatable bonds is 3. The van der Waals surface area contributed by atoms with E-state index in [2.05, 4.69) is 11.9 Å². The van der Waals surface area contributed by atoms with E-state index < -0.39 is 5.82 Å². The first kappa shape index (κ1) is 11.3. The smallest absolute Gasteiger partial charge is 0.126 e. The molecule has 1 nitrogen and oxygen atoms in total. The largest absolute Gasteiger partial charge is 0.377 e. The summed E-state index contributed by atoms with van der Waals surface area (Å²) in [6.07, 6.45) is 1.70. The predicted octanol–water partition coefficient (Wildman–Crippen LogP) is 4.12. The van der Waals surface area contributed by atoms with Gasteiger partial charge in [0.2, 0.25) is 0 Å². The Kier molecular flexibility index (Phi) is 3.78. The zero-order valence-corrected chi connectivity index (χ0v) is 9.16. The van der Waals surface area contributed by atoms with Gasteiger partial charge in [-0.3, -0.25) is 0 Å². The van der Waals surface area contributed by atoms with Gasteiger partial charge >= 0.3 is 0 Å². The Bertz CT molecular complexity index is 329. The standard InChI is InChI=1S/C10H10Cl2FN/c1-3-6(2)14-10-8(11)4-7(13)5-9(10)12/h3-6,14H,1H2,2H3. The molecule has 1 aromatic rings. The van der Waals surface area contributed by atoms with Crippen LogP contribution in [-0.4, -0.2) is 6.04 Å². The van der Waals surface area contributed by atoms with Gasteiger partial charge in [-0.1, -0.05) is 29.3 Å². The van der Waals surface area contributed by atoms with E-state index in [1.807, 2.05) is 6.92 Å². The molecule has 76 valence electrons. The summed E-state index contributed by atoms with van der Waals surface area (Å²) in [7, 11) is 0. The quantitative estimate of drug-likeness (QED) is 0.775. The molecule has 1 rings (SSSR count). The molecule has 0 fully saturated rings. The van der Waals surface area contributed by atoms with Gasteiger partial charge in [0.1, 0.15) is 5.82 Å². The number of hydrogen-bond acceptors (Lipinski definition) is 1. The van der Waals surface area contributed by atoms with Crippen LogP contribution in [0.2, 0.25) is 10.0 Å². The molecule has 0 saturated heterocycles. The first-order valence-corrected chi connectivity index (χ1v) is 4.84. The number of hydrogen-bond donors (Lipinski definition) is 1. The van der Waals surface area contributed by atoms with E-state index in [0.29, 0.717) is 5.69 Å². The molecule has 1 unspecified atom stereocenters. The maximum Gasteiger partial charge on any atom is 0.126 e. The third-order valence-corrected chi connectivity index (χ3v) is 2.33. The fourth-order valence-electron chi connectivity index (χ4n) is 0.967. The van der Waals surface area contributed by atoms with Crippen LogP contribution < -0.4 is 5.32 Å². The third-order valence-electron chi connectivity index (χ3n) is 1.73. The van der Waals surface area contributed by atoms with Crippen molar-refractivity contribution in [2.45, 2.75) is 13.0 Å². The van der Waals surface area contributed by atoms with Crippen LogP contribution in [0.5, 0.6) is 0 Å². The van der Waals surface area contributed by atoms with Gasteiger partial charge in [0.15, 0.2) is 0 Å². The van der Waals surface area contributed by atoms with E-state index in [0.717, 1.165) is 0 Å². The lowest BCUT2D eigenvalue weighted by atomic mass is 10.2. The molecule has 0 aliphatic rings. The van der Waals surface area contributed by atoms with E-state index in [4.69, 9.17) is 23.2 Å². The summed E-state index contributed by atoms with van der Waals surface area (Å²) in [5.74, 6) is -0.447. The van der Waals surface area contributed by atoms with E-state index in [-0.39, 0.29) is 16.1 Å². The van der Waals surface area contributed by atoms with E-state index >= 15 is 0 Å². The first-order valence-electron chi connectivity index (χ1n) is 4.08. The Hall–Kier alpha value is -0.730. The van der Waals surface area contributed by atoms with E-state index in [1.54, 1.807) is 6.08 Å². The fraction of sp³-hybridized carbons (Fsp3) is 0.200. The van der Waals surface area contributed by atoms with Gasteiger partial charge < -0.3 is 5.32 Å². The van der Waals surface area contributed by atoms with Crippen molar-refractivity contribution in [3.8, 4) is 0 Å². The summed E-state index contributed by atoms with van der Waals surface area (Å²) in [4.78, 5) is 0. The summed E-state index contributed by atoms with van der Waals surface area (Å²) >= 11 is 11.6. The lowest BCUT2D eigenvalue weighted by Gasteiger charge is -2.13. The lowest BCUT2D eigenvalue weighted by molar-refractivity contribution is 0.628. The molecular formula is C10H10Cl2FN. The minimum atomic E-state index is -0.447. The van der Waals surface area contributed by atoms with E-state index in [9.17, 15) is 4.39 Å². The molecule has 0 heterocycles. The number of nitrogens with one attached hydrogen (secondary N) is 1. The van der Waals surface area contributed by atoms with Crippen LogP contribution in [0.3, 0.4) is 0 Å². The Balaban J connectivity index is 3.02. The van der Waals surface area contributed by atoms with Gasteiger partial charge in [-0.15, -0.1) is 6.58 Å². The van der Waals surface area contributed by atoms with Crippen molar-refractivity contribution in [3.63, 3.8) is 0 Å². The average molecular weight is 234 g/mol. The van der Waals surface area contributed by atoms with Crippen LogP contribution in [0.1, 0.15) is 6.92 Å². The van der Waals surface area contributed by atoms with Crippen LogP contribution in [0.4, 0.5) is 10.1 Å². The molecule has 14 heavy (non-hydrogen) atoms. The predicted molar refractivity (Wildman–Crippen MR) is 59.7 cm³/mol. The van der Waals surface area contributed by atoms with Crippen LogP contribution in [-0.2, 0) is 0 Å². The van der Waals surface area contributed by atoms with Gasteiger partial charge in [-0.05, 0) is 19.1 Å². The molecule has 1 aromatic carbocycles. The molecule has 1 N–H and O–H groups in total. The summed E-state index contributed by atoms with van der Waals surface area (Å²) in [6.45, 7) is 5.50. The van der Waals surface area contributed by atoms with Gasteiger partial charge in [0.05, 0.1) is 15.7 Å². The molecule has 0 radical (unpaired) electrons. The molecule has 0 spiro atoms. The van der Waals surface area contributed by atoms with Crippen LogP contribution >= 0.6 is 23.2 Å². The topological polar surface area (TPSA) is 12.0 Å². The van der Waals surface area contributed by atoms with Gasteiger partial charge in [-0.25, -0.2) is 4.39 Å². The fourth-order valence-corrected chi connectivity index (χ4v) is 1.54. The van der Waals surface area contributed by atoms with Crippen molar-refractivity contribution < 1.29 is 4.39 Å². The lowest BCUT2D eigenvalue weighted by Crippen LogP contribution is -2.12. The second-order valence-electron chi connectivity index (χ2n) is 2.91. The normalized spacial score (nSPS) is 12.3. The Morgan fingerprint density at radius 1 is 1.43 bits per heavy atom. The van der Waals surface area contributed by atoms with Gasteiger partial charge in [0, 0.05) is 6.04 Å². The minimum absolute atomic E-state index is 0.0236. The highest BCUT2D eigenvalue weighted by Gasteiger charge is 2.09. The number of halogens is 3. The average Bonchev–Trinajstić information content (AvgIpc) is 2.10. The molecule has 0 bridgehead atoms. The van der Waals surface area contributed by atoms with Crippen molar-refractivity contribution in [1.29, 1.82) is 0 Å². The Morgan fingerprint density at radius 3 is 2.36 bits per heavy atom. The van der Waals surface area contributed by atoms with Crippen molar-refractivity contribution in [2.24, 2.45) is 0 Å². The monoisotopic (exact) mass is 233 g/mol. The minimum Gasteiger partial charge on any atom is -0.377 e. The molecule has 0 aromatic heterocycles. The highest BCUT2D eigenvalue weighted by atomic mass is 35.5. The molecule has 1 atom stereocenters. The maximum absolute atomic E-state index is 12.8. The maximum atomic E-state index is 12.8. The second kappa shape index (κ2) is 4.67. The zero-order valence-electron chi connectivity index (χ0n) is 7.65. The van der Waals surface area contributed by atoms with Crippen molar-refractivity contribution in [2.75, 3.05) is 5.32 Å². The third kappa shape index (κ3) is 2.63. The summed E-state index contributed by atoms with van der Waals surface area (Å²) in [5, 5.41) is 3.54. The van der Waals surface area contributed by atoms with Crippen molar-refractivity contribution in [1.82, 2.24) is 0 Å². The summed E-state index contributed by atoms with van der Waals surface area (Å²) in [5.41, 5.74) is 0.530. The van der Waals surface area contributed by atoms with E-state index in [1.165, 1.54) is 12.1 Å². The Morgan fingerprint density at radius 2 is 1.93 bits per heavy atom. The van der Waals surface area contributed by atoms with Crippen LogP contribution in [0, 0.1) is 5.82 Å². The highest BCUT2D eigenvalue weighted by molar-refractivity contribution is 6.39. The van der Waals surface area contributed by atoms with Crippen LogP contribution in [0.25, 0.3) is 0 Å². The zero-order chi connectivity index (χ0) is 10.7. The molecule has 0 aliphatic carbocycles. The second-order valence-corrected chi connectivity index (χ2v) is 3.73. The molecular weight excluding hydrogens is 224 g/mol. The Labute approximate surface area is 92.5 Å². The molecule has 0 aliphatic heterocycles. The molecule has 0 amide bonds. The molecule has 0 saturated carbocycles. The van der Waals surface area contributed by atoms with Crippen LogP contribution in [0.15, 0.2) is 24.8 Å².